The quantitative estimate of drug-likeness (QED) is 0.766. The van der Waals surface area contributed by atoms with Crippen LogP contribution in [0.3, 0.4) is 0 Å². The van der Waals surface area contributed by atoms with Crippen molar-refractivity contribution in [2.75, 3.05) is 13.1 Å². The minimum Gasteiger partial charge on any atom is -0.463 e. The maximum atomic E-state index is 10.2. The van der Waals surface area contributed by atoms with Crippen LogP contribution in [0.5, 0.6) is 0 Å². The zero-order chi connectivity index (χ0) is 10.0. The molecule has 1 aromatic heterocycles. The molecule has 0 aliphatic carbocycles. The molecule has 3 heteroatoms. The molecule has 0 aromatic carbocycles. The Balaban J connectivity index is 2.15. The summed E-state index contributed by atoms with van der Waals surface area (Å²) < 4.78 is 5.62. The number of hydrogen-bond donors (Lipinski definition) is 2. The molecule has 0 bridgehead atoms. The maximum Gasteiger partial charge on any atom is 0.137 e. The third-order valence-corrected chi connectivity index (χ3v) is 2.75. The zero-order valence-electron chi connectivity index (χ0n) is 8.55. The summed E-state index contributed by atoms with van der Waals surface area (Å²) in [6.07, 6.45) is 2.76. The minimum absolute atomic E-state index is 0.603. The summed E-state index contributed by atoms with van der Waals surface area (Å²) in [4.78, 5) is 0. The molecule has 3 nitrogen and oxygen atoms in total. The summed E-state index contributed by atoms with van der Waals surface area (Å²) in [5.74, 6) is 1.69. The molecule has 1 aliphatic rings. The first-order valence-corrected chi connectivity index (χ1v) is 5.27. The predicted octanol–water partition coefficient (Wildman–Crippen LogP) is 1.41. The van der Waals surface area contributed by atoms with Gasteiger partial charge in [0.05, 0.1) is 0 Å². The van der Waals surface area contributed by atoms with Crippen LogP contribution < -0.4 is 5.32 Å². The number of aliphatic hydroxyl groups is 1. The van der Waals surface area contributed by atoms with Crippen LogP contribution >= 0.6 is 0 Å². The summed E-state index contributed by atoms with van der Waals surface area (Å²) in [6.45, 7) is 3.58. The normalized spacial score (nSPS) is 27.0. The molecule has 0 amide bonds. The number of aryl methyl sites for hydroxylation is 1. The molecule has 2 N–H and O–H groups in total. The Morgan fingerprint density at radius 2 is 2.43 bits per heavy atom. The van der Waals surface area contributed by atoms with E-state index < -0.39 is 5.60 Å². The van der Waals surface area contributed by atoms with E-state index in [4.69, 9.17) is 4.42 Å². The van der Waals surface area contributed by atoms with E-state index in [0.717, 1.165) is 31.6 Å². The van der Waals surface area contributed by atoms with Crippen molar-refractivity contribution in [1.82, 2.24) is 5.32 Å². The lowest BCUT2D eigenvalue weighted by atomic mass is 10.0. The number of hydrogen-bond acceptors (Lipinski definition) is 3. The van der Waals surface area contributed by atoms with Crippen molar-refractivity contribution < 1.29 is 9.52 Å². The first kappa shape index (κ1) is 9.74. The van der Waals surface area contributed by atoms with E-state index in [1.54, 1.807) is 0 Å². The Bertz CT molecular complexity index is 300. The van der Waals surface area contributed by atoms with E-state index in [1.165, 1.54) is 0 Å². The Morgan fingerprint density at radius 1 is 1.57 bits per heavy atom. The summed E-state index contributed by atoms with van der Waals surface area (Å²) in [5, 5.41) is 13.3. The van der Waals surface area contributed by atoms with E-state index in [9.17, 15) is 5.11 Å². The number of furan rings is 1. The average Bonchev–Trinajstić information content (AvgIpc) is 2.75. The first-order valence-electron chi connectivity index (χ1n) is 5.27. The van der Waals surface area contributed by atoms with E-state index in [0.29, 0.717) is 12.3 Å². The van der Waals surface area contributed by atoms with Gasteiger partial charge < -0.3 is 14.8 Å². The molecular formula is C11H17NO2. The van der Waals surface area contributed by atoms with Gasteiger partial charge in [0.1, 0.15) is 17.1 Å². The molecule has 1 fully saturated rings. The smallest absolute Gasteiger partial charge is 0.137 e. The van der Waals surface area contributed by atoms with Crippen molar-refractivity contribution in [2.24, 2.45) is 0 Å². The minimum atomic E-state index is -0.772. The van der Waals surface area contributed by atoms with Gasteiger partial charge in [-0.15, -0.1) is 0 Å². The Hall–Kier alpha value is -0.800. The third kappa shape index (κ3) is 1.70. The largest absolute Gasteiger partial charge is 0.463 e. The van der Waals surface area contributed by atoms with Gasteiger partial charge in [0, 0.05) is 13.0 Å². The van der Waals surface area contributed by atoms with Crippen molar-refractivity contribution in [3.63, 3.8) is 0 Å². The highest BCUT2D eigenvalue weighted by molar-refractivity contribution is 5.16. The van der Waals surface area contributed by atoms with Crippen LogP contribution in [0.25, 0.3) is 0 Å². The second kappa shape index (κ2) is 3.75. The summed E-state index contributed by atoms with van der Waals surface area (Å²) in [7, 11) is 0. The molecule has 78 valence electrons. The molecule has 0 radical (unpaired) electrons. The van der Waals surface area contributed by atoms with Crippen LogP contribution in [0.1, 0.15) is 31.3 Å². The van der Waals surface area contributed by atoms with E-state index in [1.807, 2.05) is 12.1 Å². The second-order valence-electron chi connectivity index (χ2n) is 3.97. The molecule has 1 aromatic rings. The highest BCUT2D eigenvalue weighted by Crippen LogP contribution is 2.29. The van der Waals surface area contributed by atoms with Crippen molar-refractivity contribution in [2.45, 2.75) is 31.8 Å². The van der Waals surface area contributed by atoms with Crippen molar-refractivity contribution in [3.8, 4) is 0 Å². The van der Waals surface area contributed by atoms with Gasteiger partial charge in [-0.3, -0.25) is 0 Å². The Morgan fingerprint density at radius 3 is 3.07 bits per heavy atom. The molecule has 1 saturated heterocycles. The van der Waals surface area contributed by atoms with Gasteiger partial charge in [0.25, 0.3) is 0 Å². The lowest BCUT2D eigenvalue weighted by Gasteiger charge is -2.17. The van der Waals surface area contributed by atoms with Gasteiger partial charge in [0.15, 0.2) is 0 Å². The highest BCUT2D eigenvalue weighted by atomic mass is 16.4. The topological polar surface area (TPSA) is 45.4 Å². The molecule has 2 heterocycles. The van der Waals surface area contributed by atoms with Gasteiger partial charge in [-0.2, -0.15) is 0 Å². The highest BCUT2D eigenvalue weighted by Gasteiger charge is 2.35. The molecule has 1 atom stereocenters. The van der Waals surface area contributed by atoms with Crippen LogP contribution in [-0.2, 0) is 12.0 Å². The summed E-state index contributed by atoms with van der Waals surface area (Å²) >= 11 is 0. The van der Waals surface area contributed by atoms with Crippen molar-refractivity contribution >= 4 is 0 Å². The average molecular weight is 195 g/mol. The predicted molar refractivity (Wildman–Crippen MR) is 54.1 cm³/mol. The maximum absolute atomic E-state index is 10.2. The van der Waals surface area contributed by atoms with Gasteiger partial charge >= 0.3 is 0 Å². The summed E-state index contributed by atoms with van der Waals surface area (Å²) in [5.41, 5.74) is -0.772. The molecule has 14 heavy (non-hydrogen) atoms. The Labute approximate surface area is 84.1 Å². The van der Waals surface area contributed by atoms with Crippen LogP contribution in [0.2, 0.25) is 0 Å². The number of rotatable bonds is 3. The number of nitrogens with one attached hydrogen (secondary N) is 1. The van der Waals surface area contributed by atoms with Crippen molar-refractivity contribution in [1.29, 1.82) is 0 Å². The molecule has 0 saturated carbocycles. The van der Waals surface area contributed by atoms with Crippen LogP contribution in [0, 0.1) is 0 Å². The van der Waals surface area contributed by atoms with Gasteiger partial charge in [-0.05, 0) is 31.5 Å². The second-order valence-corrected chi connectivity index (χ2v) is 3.97. The first-order chi connectivity index (χ1) is 6.74. The monoisotopic (exact) mass is 195 g/mol. The fraction of sp³-hybridized carbons (Fsp3) is 0.636. The van der Waals surface area contributed by atoms with E-state index in [-0.39, 0.29) is 0 Å². The lowest BCUT2D eigenvalue weighted by molar-refractivity contribution is 0.0344. The Kier molecular flexibility index (Phi) is 2.61. The van der Waals surface area contributed by atoms with Gasteiger partial charge in [-0.1, -0.05) is 6.92 Å². The standard InChI is InChI=1S/C11H17NO2/c1-2-3-9-4-5-10(14-9)11(13)6-7-12-8-11/h4-5,12-13H,2-3,6-8H2,1H3. The van der Waals surface area contributed by atoms with Crippen LogP contribution in [0.15, 0.2) is 16.5 Å². The summed E-state index contributed by atoms with van der Waals surface area (Å²) in [6, 6.07) is 3.87. The third-order valence-electron chi connectivity index (χ3n) is 2.75. The van der Waals surface area contributed by atoms with E-state index >= 15 is 0 Å². The van der Waals surface area contributed by atoms with Crippen LogP contribution in [-0.4, -0.2) is 18.2 Å². The van der Waals surface area contributed by atoms with E-state index in [2.05, 4.69) is 12.2 Å². The SMILES string of the molecule is CCCc1ccc(C2(O)CCNC2)o1. The zero-order valence-corrected chi connectivity index (χ0v) is 8.55. The number of β-amino-alcohol motifs (C(OH)–C–C–N with tert-alkyl or cyclic N) is 1. The molecule has 1 unspecified atom stereocenters. The van der Waals surface area contributed by atoms with Gasteiger partial charge in [-0.25, -0.2) is 0 Å². The fourth-order valence-corrected chi connectivity index (χ4v) is 1.90. The molecule has 2 rings (SSSR count). The van der Waals surface area contributed by atoms with Crippen molar-refractivity contribution in [3.05, 3.63) is 23.7 Å². The fourth-order valence-electron chi connectivity index (χ4n) is 1.90. The van der Waals surface area contributed by atoms with Crippen LogP contribution in [0.4, 0.5) is 0 Å². The molecule has 1 aliphatic heterocycles. The molecule has 0 spiro atoms. The lowest BCUT2D eigenvalue weighted by Crippen LogP contribution is -2.27. The molecular weight excluding hydrogens is 178 g/mol. The van der Waals surface area contributed by atoms with Gasteiger partial charge in [0.2, 0.25) is 0 Å².